The fourth-order valence-corrected chi connectivity index (χ4v) is 2.67. The van der Waals surface area contributed by atoms with Gasteiger partial charge in [0.2, 0.25) is 0 Å². The second-order valence-electron chi connectivity index (χ2n) is 4.78. The van der Waals surface area contributed by atoms with Crippen LogP contribution in [0, 0.1) is 11.6 Å². The van der Waals surface area contributed by atoms with Crippen molar-refractivity contribution in [3.05, 3.63) is 40.6 Å². The normalized spacial score (nSPS) is 22.3. The van der Waals surface area contributed by atoms with Gasteiger partial charge in [0.25, 0.3) is 0 Å². The van der Waals surface area contributed by atoms with Gasteiger partial charge < -0.3 is 10.2 Å². The van der Waals surface area contributed by atoms with Gasteiger partial charge in [0.15, 0.2) is 11.6 Å². The maximum atomic E-state index is 14.0. The molecule has 1 N–H and O–H groups in total. The van der Waals surface area contributed by atoms with Crippen LogP contribution in [0.3, 0.4) is 0 Å². The van der Waals surface area contributed by atoms with E-state index in [-0.39, 0.29) is 4.47 Å². The molecule has 0 bridgehead atoms. The minimum Gasteiger partial charge on any atom is -0.385 e. The van der Waals surface area contributed by atoms with E-state index in [1.807, 2.05) is 0 Å². The molecule has 1 aromatic carbocycles. The van der Waals surface area contributed by atoms with E-state index in [1.165, 1.54) is 19.3 Å². The van der Waals surface area contributed by atoms with E-state index in [9.17, 15) is 22.0 Å². The molecule has 0 aliphatic carbocycles. The van der Waals surface area contributed by atoms with Crippen molar-refractivity contribution in [1.29, 1.82) is 0 Å². The Hall–Kier alpha value is -1.31. The lowest BCUT2D eigenvalue weighted by atomic mass is 10.0. The van der Waals surface area contributed by atoms with E-state index in [0.29, 0.717) is 0 Å². The van der Waals surface area contributed by atoms with Crippen LogP contribution in [0.2, 0.25) is 0 Å². The molecular weight excluding hydrogens is 359 g/mol. The highest BCUT2D eigenvalue weighted by atomic mass is 79.9. The van der Waals surface area contributed by atoms with Crippen molar-refractivity contribution >= 4 is 21.6 Å². The highest BCUT2D eigenvalue weighted by molar-refractivity contribution is 9.10. The molecule has 1 aromatic rings. The van der Waals surface area contributed by atoms with Gasteiger partial charge in [-0.15, -0.1) is 0 Å². The number of nitrogens with zero attached hydrogens (tertiary/aromatic N) is 1. The number of benzene rings is 1. The number of hydrogen-bond acceptors (Lipinski definition) is 2. The van der Waals surface area contributed by atoms with Crippen molar-refractivity contribution < 1.29 is 22.0 Å². The predicted octanol–water partition coefficient (Wildman–Crippen LogP) is 4.32. The van der Waals surface area contributed by atoms with Crippen molar-refractivity contribution in [2.24, 2.45) is 0 Å². The molecule has 1 aliphatic heterocycles. The third kappa shape index (κ3) is 3.66. The lowest BCUT2D eigenvalue weighted by Gasteiger charge is -2.38. The molecule has 0 fully saturated rings. The van der Waals surface area contributed by atoms with Crippen LogP contribution >= 0.6 is 15.9 Å². The molecule has 2 nitrogen and oxygen atoms in total. The van der Waals surface area contributed by atoms with Crippen molar-refractivity contribution in [2.45, 2.75) is 31.6 Å². The van der Waals surface area contributed by atoms with Gasteiger partial charge in [0.1, 0.15) is 5.69 Å². The molecule has 0 radical (unpaired) electrons. The number of anilines is 1. The Morgan fingerprint density at radius 2 is 1.81 bits per heavy atom. The first kappa shape index (κ1) is 16.1. The summed E-state index contributed by atoms with van der Waals surface area (Å²) in [5, 5.41) is 2.73. The van der Waals surface area contributed by atoms with Crippen LogP contribution in [-0.4, -0.2) is 18.3 Å². The van der Waals surface area contributed by atoms with Crippen LogP contribution in [0.25, 0.3) is 0 Å². The van der Waals surface area contributed by atoms with Gasteiger partial charge in [0.05, 0.1) is 12.5 Å². The fourth-order valence-electron chi connectivity index (χ4n) is 2.27. The van der Waals surface area contributed by atoms with Gasteiger partial charge in [-0.3, -0.25) is 0 Å². The molecule has 0 aromatic heterocycles. The predicted molar refractivity (Wildman–Crippen MR) is 72.7 cm³/mol. The molecule has 2 atom stereocenters. The minimum atomic E-state index is -4.44. The second-order valence-corrected chi connectivity index (χ2v) is 5.70. The number of nitrogens with one attached hydrogen (secondary N) is 1. The highest BCUT2D eigenvalue weighted by Gasteiger charge is 2.39. The molecule has 1 unspecified atom stereocenters. The maximum Gasteiger partial charge on any atom is 0.391 e. The molecule has 21 heavy (non-hydrogen) atoms. The molecule has 1 aliphatic rings. The van der Waals surface area contributed by atoms with Gasteiger partial charge in [-0.25, -0.2) is 8.78 Å². The summed E-state index contributed by atoms with van der Waals surface area (Å²) in [6.07, 6.45) is -3.03. The lowest BCUT2D eigenvalue weighted by molar-refractivity contribution is -0.139. The summed E-state index contributed by atoms with van der Waals surface area (Å²) >= 11 is 2.94. The Morgan fingerprint density at radius 1 is 1.24 bits per heavy atom. The van der Waals surface area contributed by atoms with E-state index in [1.54, 1.807) is 0 Å². The Labute approximate surface area is 126 Å². The summed E-state index contributed by atoms with van der Waals surface area (Å²) in [4.78, 5) is 0.992. The third-order valence-electron chi connectivity index (χ3n) is 3.21. The number of alkyl halides is 3. The smallest absolute Gasteiger partial charge is 0.385 e. The van der Waals surface area contributed by atoms with E-state index >= 15 is 0 Å². The van der Waals surface area contributed by atoms with E-state index < -0.39 is 42.0 Å². The molecular formula is C13H12BrF5N2. The first-order chi connectivity index (χ1) is 9.69. The van der Waals surface area contributed by atoms with Gasteiger partial charge in [0, 0.05) is 22.9 Å². The Kier molecular flexibility index (Phi) is 4.46. The average molecular weight is 371 g/mol. The lowest BCUT2D eigenvalue weighted by Crippen LogP contribution is -2.51. The number of halogens is 6. The first-order valence-corrected chi connectivity index (χ1v) is 6.90. The SMILES string of the molecule is C[C@H]1NC=CN(c2c(F)cc(Br)cc2F)C1CC(F)(F)F. The zero-order valence-electron chi connectivity index (χ0n) is 10.9. The highest BCUT2D eigenvalue weighted by Crippen LogP contribution is 2.34. The van der Waals surface area contributed by atoms with Gasteiger partial charge in [-0.2, -0.15) is 13.2 Å². The van der Waals surface area contributed by atoms with Gasteiger partial charge in [-0.1, -0.05) is 15.9 Å². The zero-order chi connectivity index (χ0) is 15.8. The fraction of sp³-hybridized carbons (Fsp3) is 0.385. The summed E-state index contributed by atoms with van der Waals surface area (Å²) in [5.74, 6) is -1.85. The molecule has 0 amide bonds. The van der Waals surface area contributed by atoms with E-state index in [4.69, 9.17) is 0 Å². The number of hydrogen-bond donors (Lipinski definition) is 1. The zero-order valence-corrected chi connectivity index (χ0v) is 12.5. The summed E-state index contributed by atoms with van der Waals surface area (Å²) in [6, 6.07) is 0.284. The Bertz CT molecular complexity index is 535. The largest absolute Gasteiger partial charge is 0.391 e. The van der Waals surface area contributed by atoms with E-state index in [0.717, 1.165) is 17.0 Å². The average Bonchev–Trinajstić information content (AvgIpc) is 2.30. The van der Waals surface area contributed by atoms with Crippen LogP contribution in [0.4, 0.5) is 27.6 Å². The monoisotopic (exact) mass is 370 g/mol. The van der Waals surface area contributed by atoms with Crippen LogP contribution in [0.1, 0.15) is 13.3 Å². The van der Waals surface area contributed by atoms with Crippen molar-refractivity contribution in [3.63, 3.8) is 0 Å². The maximum absolute atomic E-state index is 14.0. The first-order valence-electron chi connectivity index (χ1n) is 6.11. The Morgan fingerprint density at radius 3 is 2.33 bits per heavy atom. The third-order valence-corrected chi connectivity index (χ3v) is 3.67. The van der Waals surface area contributed by atoms with Gasteiger partial charge in [-0.05, 0) is 19.1 Å². The topological polar surface area (TPSA) is 15.3 Å². The molecule has 2 rings (SSSR count). The Balaban J connectivity index is 2.44. The molecule has 0 spiro atoms. The van der Waals surface area contributed by atoms with Crippen molar-refractivity contribution in [1.82, 2.24) is 5.32 Å². The summed E-state index contributed by atoms with van der Waals surface area (Å²) in [7, 11) is 0. The minimum absolute atomic E-state index is 0.181. The molecule has 0 saturated heterocycles. The van der Waals surface area contributed by atoms with Crippen LogP contribution in [0.15, 0.2) is 29.0 Å². The van der Waals surface area contributed by atoms with E-state index in [2.05, 4.69) is 21.2 Å². The standard InChI is InChI=1S/C13H12BrF5N2/c1-7-11(6-13(17,18)19)21(3-2-20-7)12-9(15)4-8(14)5-10(12)16/h2-5,7,11,20H,6H2,1H3/t7-,11?/m1/s1. The molecule has 0 saturated carbocycles. The quantitative estimate of drug-likeness (QED) is 0.780. The molecule has 8 heteroatoms. The number of rotatable bonds is 2. The van der Waals surface area contributed by atoms with Crippen LogP contribution < -0.4 is 10.2 Å². The van der Waals surface area contributed by atoms with Crippen LogP contribution in [-0.2, 0) is 0 Å². The van der Waals surface area contributed by atoms with Gasteiger partial charge >= 0.3 is 6.18 Å². The summed E-state index contributed by atoms with van der Waals surface area (Å²) in [6.45, 7) is 1.53. The second kappa shape index (κ2) is 5.82. The summed E-state index contributed by atoms with van der Waals surface area (Å²) in [5.41, 5.74) is -0.489. The molecule has 116 valence electrons. The van der Waals surface area contributed by atoms with Crippen molar-refractivity contribution in [3.8, 4) is 0 Å². The molecule has 1 heterocycles. The van der Waals surface area contributed by atoms with Crippen LogP contribution in [0.5, 0.6) is 0 Å². The van der Waals surface area contributed by atoms with Crippen molar-refractivity contribution in [2.75, 3.05) is 4.90 Å². The summed E-state index contributed by atoms with van der Waals surface area (Å²) < 4.78 is 66.2.